The second-order valence-electron chi connectivity index (χ2n) is 9.58. The molecule has 9 heteroatoms. The third kappa shape index (κ3) is 6.88. The van der Waals surface area contributed by atoms with Crippen LogP contribution >= 0.6 is 0 Å². The fourth-order valence-electron chi connectivity index (χ4n) is 4.83. The van der Waals surface area contributed by atoms with Gasteiger partial charge in [-0.15, -0.1) is 0 Å². The van der Waals surface area contributed by atoms with Crippen molar-refractivity contribution in [3.8, 4) is 6.07 Å². The van der Waals surface area contributed by atoms with Crippen molar-refractivity contribution in [2.24, 2.45) is 0 Å². The molecular formula is C32H31N3O6. The van der Waals surface area contributed by atoms with E-state index in [4.69, 9.17) is 23.7 Å². The summed E-state index contributed by atoms with van der Waals surface area (Å²) in [6.07, 6.45) is -2.60. The number of carbonyl (C=O) groups excluding carboxylic acids is 1. The van der Waals surface area contributed by atoms with E-state index >= 15 is 0 Å². The number of nitrogens with zero attached hydrogens (tertiary/aromatic N) is 2. The summed E-state index contributed by atoms with van der Waals surface area (Å²) in [5.41, 5.74) is 3.22. The molecule has 3 aromatic carbocycles. The number of nitriles is 1. The summed E-state index contributed by atoms with van der Waals surface area (Å²) in [5, 5.41) is 16.5. The molecule has 0 spiro atoms. The highest BCUT2D eigenvalue weighted by Crippen LogP contribution is 2.39. The first kappa shape index (κ1) is 28.2. The summed E-state index contributed by atoms with van der Waals surface area (Å²) in [6, 6.07) is 31.4. The number of H-pyrrole nitrogens is 1. The number of aromatic amines is 1. The van der Waals surface area contributed by atoms with Crippen molar-refractivity contribution in [1.29, 1.82) is 5.26 Å². The Balaban J connectivity index is 1.45. The van der Waals surface area contributed by atoms with Gasteiger partial charge in [-0.1, -0.05) is 91.0 Å². The van der Waals surface area contributed by atoms with Gasteiger partial charge in [0.25, 0.3) is 0 Å². The first-order valence-electron chi connectivity index (χ1n) is 13.3. The van der Waals surface area contributed by atoms with E-state index in [2.05, 4.69) is 10.2 Å². The molecule has 1 fully saturated rings. The van der Waals surface area contributed by atoms with Gasteiger partial charge < -0.3 is 23.7 Å². The Labute approximate surface area is 238 Å². The van der Waals surface area contributed by atoms with E-state index in [1.54, 1.807) is 0 Å². The van der Waals surface area contributed by atoms with E-state index < -0.39 is 30.4 Å². The molecule has 1 aromatic heterocycles. The van der Waals surface area contributed by atoms with E-state index in [0.717, 1.165) is 16.7 Å². The van der Waals surface area contributed by atoms with E-state index in [0.29, 0.717) is 18.9 Å². The topological polar surface area (TPSA) is 116 Å². The van der Waals surface area contributed by atoms with E-state index in [1.165, 1.54) is 7.11 Å². The predicted molar refractivity (Wildman–Crippen MR) is 148 cm³/mol. The van der Waals surface area contributed by atoms with Gasteiger partial charge in [0.15, 0.2) is 5.69 Å². The zero-order valence-corrected chi connectivity index (χ0v) is 22.6. The molecule has 5 rings (SSSR count). The molecule has 4 aromatic rings. The molecule has 1 N–H and O–H groups in total. The van der Waals surface area contributed by atoms with Crippen LogP contribution in [0.3, 0.4) is 0 Å². The summed E-state index contributed by atoms with van der Waals surface area (Å²) in [4.78, 5) is 12.7. The Morgan fingerprint density at radius 3 is 1.93 bits per heavy atom. The molecule has 2 heterocycles. The van der Waals surface area contributed by atoms with Crippen LogP contribution in [0, 0.1) is 11.3 Å². The minimum Gasteiger partial charge on any atom is -0.465 e. The molecule has 1 saturated heterocycles. The lowest BCUT2D eigenvalue weighted by Gasteiger charge is -2.25. The maximum Gasteiger partial charge on any atom is 0.342 e. The highest BCUT2D eigenvalue weighted by Gasteiger charge is 2.49. The van der Waals surface area contributed by atoms with Crippen LogP contribution in [0.5, 0.6) is 0 Å². The van der Waals surface area contributed by atoms with Crippen molar-refractivity contribution >= 4 is 5.97 Å². The molecule has 9 nitrogen and oxygen atoms in total. The Hall–Kier alpha value is -4.33. The van der Waals surface area contributed by atoms with Crippen LogP contribution < -0.4 is 0 Å². The quantitative estimate of drug-likeness (QED) is 0.247. The van der Waals surface area contributed by atoms with Gasteiger partial charge in [0.2, 0.25) is 0 Å². The van der Waals surface area contributed by atoms with Crippen molar-refractivity contribution in [2.45, 2.75) is 44.2 Å². The van der Waals surface area contributed by atoms with Crippen LogP contribution in [0.1, 0.15) is 44.5 Å². The van der Waals surface area contributed by atoms with Crippen LogP contribution in [0.25, 0.3) is 0 Å². The number of methoxy groups -OCH3 is 1. The van der Waals surface area contributed by atoms with Crippen LogP contribution in [0.2, 0.25) is 0 Å². The van der Waals surface area contributed by atoms with Gasteiger partial charge in [0.05, 0.1) is 39.2 Å². The zero-order valence-electron chi connectivity index (χ0n) is 22.6. The van der Waals surface area contributed by atoms with Crippen molar-refractivity contribution in [3.05, 3.63) is 125 Å². The van der Waals surface area contributed by atoms with Gasteiger partial charge in [-0.25, -0.2) is 4.79 Å². The Morgan fingerprint density at radius 2 is 1.39 bits per heavy atom. The summed E-state index contributed by atoms with van der Waals surface area (Å²) in [7, 11) is 1.26. The molecule has 41 heavy (non-hydrogen) atoms. The lowest BCUT2D eigenvalue weighted by molar-refractivity contribution is -0.0898. The molecule has 0 aliphatic carbocycles. The number of hydrogen-bond acceptors (Lipinski definition) is 8. The monoisotopic (exact) mass is 553 g/mol. The number of ether oxygens (including phenoxy) is 5. The number of esters is 1. The average molecular weight is 554 g/mol. The third-order valence-corrected chi connectivity index (χ3v) is 6.85. The first-order valence-corrected chi connectivity index (χ1v) is 13.3. The lowest BCUT2D eigenvalue weighted by Crippen LogP contribution is -2.38. The molecule has 1 aliphatic heterocycles. The van der Waals surface area contributed by atoms with Gasteiger partial charge in [-0.2, -0.15) is 10.4 Å². The minimum atomic E-state index is -0.812. The molecule has 0 unspecified atom stereocenters. The van der Waals surface area contributed by atoms with Gasteiger partial charge in [0, 0.05) is 0 Å². The Bertz CT molecular complexity index is 1440. The second kappa shape index (κ2) is 13.8. The lowest BCUT2D eigenvalue weighted by atomic mass is 10.0. The number of nitrogens with one attached hydrogen (secondary N) is 1. The molecule has 0 radical (unpaired) electrons. The molecule has 210 valence electrons. The predicted octanol–water partition coefficient (Wildman–Crippen LogP) is 4.90. The van der Waals surface area contributed by atoms with Crippen molar-refractivity contribution in [1.82, 2.24) is 10.2 Å². The first-order chi connectivity index (χ1) is 20.2. The van der Waals surface area contributed by atoms with Gasteiger partial charge in [0.1, 0.15) is 36.0 Å². The summed E-state index contributed by atoms with van der Waals surface area (Å²) < 4.78 is 30.5. The maximum atomic E-state index is 12.7. The number of rotatable bonds is 12. The molecule has 1 aliphatic rings. The normalized spacial score (nSPS) is 20.0. The number of hydrogen-bond donors (Lipinski definition) is 1. The van der Waals surface area contributed by atoms with Crippen LogP contribution in [-0.2, 0) is 43.5 Å². The number of carbonyl (C=O) groups is 1. The zero-order chi connectivity index (χ0) is 28.4. The van der Waals surface area contributed by atoms with Crippen molar-refractivity contribution < 1.29 is 28.5 Å². The Morgan fingerprint density at radius 1 is 0.854 bits per heavy atom. The number of aromatic nitrogens is 2. The van der Waals surface area contributed by atoms with E-state index in [9.17, 15) is 10.1 Å². The summed E-state index contributed by atoms with van der Waals surface area (Å²) in [5.74, 6) is -0.693. The van der Waals surface area contributed by atoms with Crippen molar-refractivity contribution in [3.63, 3.8) is 0 Å². The van der Waals surface area contributed by atoms with Crippen molar-refractivity contribution in [2.75, 3.05) is 13.7 Å². The minimum absolute atomic E-state index is 0.0148. The van der Waals surface area contributed by atoms with Crippen LogP contribution in [0.15, 0.2) is 91.0 Å². The fraction of sp³-hybridized carbons (Fsp3) is 0.281. The van der Waals surface area contributed by atoms with Crippen LogP contribution in [-0.4, -0.2) is 48.2 Å². The maximum absolute atomic E-state index is 12.7. The highest BCUT2D eigenvalue weighted by atomic mass is 16.6. The number of benzene rings is 3. The van der Waals surface area contributed by atoms with Gasteiger partial charge in [-0.05, 0) is 16.7 Å². The Kier molecular flexibility index (Phi) is 9.52. The molecule has 4 atom stereocenters. The summed E-state index contributed by atoms with van der Waals surface area (Å²) >= 11 is 0. The fourth-order valence-corrected chi connectivity index (χ4v) is 4.83. The second-order valence-corrected chi connectivity index (χ2v) is 9.58. The smallest absolute Gasteiger partial charge is 0.342 e. The largest absolute Gasteiger partial charge is 0.465 e. The highest BCUT2D eigenvalue weighted by molar-refractivity contribution is 5.93. The summed E-state index contributed by atoms with van der Waals surface area (Å²) in [6.45, 7) is 1.20. The SMILES string of the molecule is COC(=O)c1c(C#N)n[nH]c1[C@@H]1O[C@H](COCc2ccccc2)[C@@H](OCc2ccccc2)[C@H]1OCc1ccccc1. The average Bonchev–Trinajstić information content (AvgIpc) is 3.61. The van der Waals surface area contributed by atoms with Gasteiger partial charge >= 0.3 is 5.97 Å². The molecule has 0 saturated carbocycles. The van der Waals surface area contributed by atoms with E-state index in [-0.39, 0.29) is 24.5 Å². The third-order valence-electron chi connectivity index (χ3n) is 6.85. The molecular weight excluding hydrogens is 522 g/mol. The van der Waals surface area contributed by atoms with E-state index in [1.807, 2.05) is 97.1 Å². The molecule has 0 bridgehead atoms. The van der Waals surface area contributed by atoms with Crippen LogP contribution in [0.4, 0.5) is 0 Å². The van der Waals surface area contributed by atoms with Gasteiger partial charge in [-0.3, -0.25) is 5.10 Å². The molecule has 0 amide bonds. The standard InChI is InChI=1S/C32H31N3O6/c1-37-32(36)27-25(17-33)34-35-28(27)30-31(40-20-24-15-9-4-10-16-24)29(39-19-23-13-7-3-8-14-23)26(41-30)21-38-18-22-11-5-2-6-12-22/h2-16,26,29-31H,18-21H2,1H3,(H,34,35)/t26-,29-,30+,31-/m1/s1.